The van der Waals surface area contributed by atoms with Gasteiger partial charge in [0, 0.05) is 11.6 Å². The molecule has 2 N–H and O–H groups in total. The largest absolute Gasteiger partial charge is 0.394 e. The van der Waals surface area contributed by atoms with Crippen LogP contribution in [0.2, 0.25) is 0 Å². The number of aliphatic hydroxyl groups excluding tert-OH is 1. The van der Waals surface area contributed by atoms with Gasteiger partial charge < -0.3 is 15.2 Å². The van der Waals surface area contributed by atoms with Crippen LogP contribution in [-0.2, 0) is 4.74 Å². The summed E-state index contributed by atoms with van der Waals surface area (Å²) in [5.74, 6) is 1.65. The highest BCUT2D eigenvalue weighted by Crippen LogP contribution is 2.38. The van der Waals surface area contributed by atoms with Crippen molar-refractivity contribution in [2.45, 2.75) is 89.0 Å². The number of hydrogen-bond acceptors (Lipinski definition) is 3. The van der Waals surface area contributed by atoms with E-state index < -0.39 is 0 Å². The fraction of sp³-hybridized carbons (Fsp3) is 1.00. The summed E-state index contributed by atoms with van der Waals surface area (Å²) < 4.78 is 6.38. The van der Waals surface area contributed by atoms with Crippen LogP contribution < -0.4 is 5.32 Å². The molecule has 5 unspecified atom stereocenters. The van der Waals surface area contributed by atoms with Crippen LogP contribution in [0.15, 0.2) is 0 Å². The SMILES string of the molecule is CC1CCC(OC2CCC(CO)(NC3CC3)C2)CC1C. The second-order valence-electron chi connectivity index (χ2n) is 7.75. The Hall–Kier alpha value is -0.120. The summed E-state index contributed by atoms with van der Waals surface area (Å²) in [6.07, 6.45) is 10.3. The third kappa shape index (κ3) is 3.37. The molecule has 3 nitrogen and oxygen atoms in total. The summed E-state index contributed by atoms with van der Waals surface area (Å²) in [5, 5.41) is 13.4. The van der Waals surface area contributed by atoms with Gasteiger partial charge in [0.15, 0.2) is 0 Å². The molecule has 3 aliphatic carbocycles. The molecular formula is C17H31NO2. The van der Waals surface area contributed by atoms with E-state index in [4.69, 9.17) is 4.74 Å². The van der Waals surface area contributed by atoms with Gasteiger partial charge in [0.25, 0.3) is 0 Å². The van der Waals surface area contributed by atoms with Crippen molar-refractivity contribution in [3.05, 3.63) is 0 Å². The Balaban J connectivity index is 1.49. The Bertz CT molecular complexity index is 331. The van der Waals surface area contributed by atoms with Crippen LogP contribution >= 0.6 is 0 Å². The summed E-state index contributed by atoms with van der Waals surface area (Å²) in [5.41, 5.74) is -0.0423. The molecule has 3 fully saturated rings. The monoisotopic (exact) mass is 281 g/mol. The summed E-state index contributed by atoms with van der Waals surface area (Å²) in [6.45, 7) is 5.00. The Kier molecular flexibility index (Phi) is 4.40. The first-order valence-corrected chi connectivity index (χ1v) is 8.64. The number of nitrogens with one attached hydrogen (secondary N) is 1. The van der Waals surface area contributed by atoms with E-state index in [-0.39, 0.29) is 12.1 Å². The van der Waals surface area contributed by atoms with Gasteiger partial charge in [0.2, 0.25) is 0 Å². The molecule has 0 radical (unpaired) electrons. The first kappa shape index (κ1) is 14.8. The lowest BCUT2D eigenvalue weighted by atomic mass is 9.80. The fourth-order valence-corrected chi connectivity index (χ4v) is 4.07. The molecule has 20 heavy (non-hydrogen) atoms. The predicted molar refractivity (Wildman–Crippen MR) is 80.7 cm³/mol. The second kappa shape index (κ2) is 5.94. The molecule has 0 spiro atoms. The summed E-state index contributed by atoms with van der Waals surface area (Å²) in [6, 6.07) is 0.663. The Morgan fingerprint density at radius 1 is 1.05 bits per heavy atom. The minimum atomic E-state index is -0.0423. The van der Waals surface area contributed by atoms with Gasteiger partial charge in [-0.15, -0.1) is 0 Å². The second-order valence-corrected chi connectivity index (χ2v) is 7.75. The maximum absolute atomic E-state index is 9.78. The van der Waals surface area contributed by atoms with Gasteiger partial charge in [0.05, 0.1) is 18.8 Å². The van der Waals surface area contributed by atoms with Crippen LogP contribution in [0.1, 0.15) is 65.2 Å². The Labute approximate surface area is 123 Å². The summed E-state index contributed by atoms with van der Waals surface area (Å²) >= 11 is 0. The molecule has 0 amide bonds. The van der Waals surface area contributed by atoms with Gasteiger partial charge in [-0.25, -0.2) is 0 Å². The molecule has 0 aromatic heterocycles. The quantitative estimate of drug-likeness (QED) is 0.814. The maximum atomic E-state index is 9.78. The van der Waals surface area contributed by atoms with Crippen LogP contribution in [-0.4, -0.2) is 35.5 Å². The van der Waals surface area contributed by atoms with Crippen molar-refractivity contribution < 1.29 is 9.84 Å². The maximum Gasteiger partial charge on any atom is 0.0614 e. The number of hydrogen-bond donors (Lipinski definition) is 2. The van der Waals surface area contributed by atoms with Crippen molar-refractivity contribution in [2.75, 3.05) is 6.61 Å². The van der Waals surface area contributed by atoms with E-state index >= 15 is 0 Å². The summed E-state index contributed by atoms with van der Waals surface area (Å²) in [7, 11) is 0. The molecule has 5 atom stereocenters. The van der Waals surface area contributed by atoms with E-state index in [0.29, 0.717) is 18.2 Å². The normalized spacial score (nSPS) is 45.8. The average molecular weight is 281 g/mol. The number of rotatable bonds is 5. The molecule has 0 heterocycles. The molecule has 0 aromatic rings. The minimum Gasteiger partial charge on any atom is -0.394 e. The molecule has 0 aliphatic heterocycles. The van der Waals surface area contributed by atoms with Crippen molar-refractivity contribution in [3.63, 3.8) is 0 Å². The standard InChI is InChI=1S/C17H31NO2/c1-12-3-6-15(9-13(12)2)20-16-7-8-17(10-16,11-19)18-14-4-5-14/h12-16,18-19H,3-11H2,1-2H3. The van der Waals surface area contributed by atoms with Gasteiger partial charge in [-0.1, -0.05) is 13.8 Å². The molecule has 0 aromatic carbocycles. The molecule has 3 aliphatic rings. The van der Waals surface area contributed by atoms with E-state index in [1.165, 1.54) is 32.1 Å². The zero-order valence-corrected chi connectivity index (χ0v) is 13.1. The van der Waals surface area contributed by atoms with Crippen molar-refractivity contribution >= 4 is 0 Å². The van der Waals surface area contributed by atoms with Crippen molar-refractivity contribution in [1.82, 2.24) is 5.32 Å². The molecule has 3 heteroatoms. The smallest absolute Gasteiger partial charge is 0.0614 e. The van der Waals surface area contributed by atoms with E-state index in [1.54, 1.807) is 0 Å². The Morgan fingerprint density at radius 2 is 1.85 bits per heavy atom. The zero-order valence-electron chi connectivity index (χ0n) is 13.1. The topological polar surface area (TPSA) is 41.5 Å². The van der Waals surface area contributed by atoms with Crippen LogP contribution in [0.5, 0.6) is 0 Å². The van der Waals surface area contributed by atoms with Gasteiger partial charge in [-0.05, 0) is 63.2 Å². The third-order valence-electron chi connectivity index (χ3n) is 5.89. The Morgan fingerprint density at radius 3 is 2.50 bits per heavy atom. The molecule has 3 rings (SSSR count). The van der Waals surface area contributed by atoms with Crippen LogP contribution in [0.4, 0.5) is 0 Å². The minimum absolute atomic E-state index is 0.0423. The molecule has 116 valence electrons. The van der Waals surface area contributed by atoms with Gasteiger partial charge in [-0.2, -0.15) is 0 Å². The summed E-state index contributed by atoms with van der Waals surface area (Å²) in [4.78, 5) is 0. The van der Waals surface area contributed by atoms with Crippen LogP contribution in [0, 0.1) is 11.8 Å². The lowest BCUT2D eigenvalue weighted by molar-refractivity contribution is -0.0479. The van der Waals surface area contributed by atoms with Crippen molar-refractivity contribution in [2.24, 2.45) is 11.8 Å². The lowest BCUT2D eigenvalue weighted by Gasteiger charge is -2.34. The lowest BCUT2D eigenvalue weighted by Crippen LogP contribution is -2.48. The third-order valence-corrected chi connectivity index (χ3v) is 5.89. The number of ether oxygens (including phenoxy) is 1. The number of aliphatic hydroxyl groups is 1. The molecule has 3 saturated carbocycles. The average Bonchev–Trinajstić information content (AvgIpc) is 3.15. The van der Waals surface area contributed by atoms with Crippen LogP contribution in [0.25, 0.3) is 0 Å². The molecule has 0 bridgehead atoms. The van der Waals surface area contributed by atoms with E-state index in [2.05, 4.69) is 19.2 Å². The first-order valence-electron chi connectivity index (χ1n) is 8.64. The highest BCUT2D eigenvalue weighted by Gasteiger charge is 2.43. The molecular weight excluding hydrogens is 250 g/mol. The molecule has 0 saturated heterocycles. The van der Waals surface area contributed by atoms with Crippen LogP contribution in [0.3, 0.4) is 0 Å². The fourth-order valence-electron chi connectivity index (χ4n) is 4.07. The highest BCUT2D eigenvalue weighted by molar-refractivity contribution is 5.01. The van der Waals surface area contributed by atoms with E-state index in [0.717, 1.165) is 31.1 Å². The zero-order chi connectivity index (χ0) is 14.2. The predicted octanol–water partition coefficient (Wildman–Crippen LogP) is 2.86. The van der Waals surface area contributed by atoms with Gasteiger partial charge >= 0.3 is 0 Å². The first-order chi connectivity index (χ1) is 9.60. The van der Waals surface area contributed by atoms with E-state index in [9.17, 15) is 5.11 Å². The van der Waals surface area contributed by atoms with E-state index in [1.807, 2.05) is 0 Å². The van der Waals surface area contributed by atoms with Crippen molar-refractivity contribution in [3.8, 4) is 0 Å². The van der Waals surface area contributed by atoms with Gasteiger partial charge in [0.1, 0.15) is 0 Å². The van der Waals surface area contributed by atoms with Crippen molar-refractivity contribution in [1.29, 1.82) is 0 Å². The highest BCUT2D eigenvalue weighted by atomic mass is 16.5. The van der Waals surface area contributed by atoms with Gasteiger partial charge in [-0.3, -0.25) is 0 Å².